The third-order valence-electron chi connectivity index (χ3n) is 4.83. The van der Waals surface area contributed by atoms with Crippen LogP contribution in [0.25, 0.3) is 5.57 Å². The van der Waals surface area contributed by atoms with Gasteiger partial charge in [-0.1, -0.05) is 66.7 Å². The van der Waals surface area contributed by atoms with Crippen LogP contribution >= 0.6 is 0 Å². The predicted molar refractivity (Wildman–Crippen MR) is 112 cm³/mol. The first-order chi connectivity index (χ1) is 13.7. The molecule has 2 aromatic carbocycles. The number of carbonyl (C=O) groups excluding carboxylic acids is 2. The molecule has 0 unspecified atom stereocenters. The second-order valence-electron chi connectivity index (χ2n) is 8.21. The number of hydrogen-bond acceptors (Lipinski definition) is 4. The lowest BCUT2D eigenvalue weighted by atomic mass is 9.96. The zero-order valence-corrected chi connectivity index (χ0v) is 17.3. The first-order valence-corrected chi connectivity index (χ1v) is 9.67. The number of methoxy groups -OCH3 is 1. The largest absolute Gasteiger partial charge is 0.467 e. The molecule has 0 aromatic heterocycles. The van der Waals surface area contributed by atoms with Gasteiger partial charge in [-0.05, 0) is 43.9 Å². The van der Waals surface area contributed by atoms with Crippen molar-refractivity contribution in [2.24, 2.45) is 5.92 Å². The molecule has 2 atom stereocenters. The number of carbonyl (C=O) groups is 2. The van der Waals surface area contributed by atoms with Crippen molar-refractivity contribution in [2.75, 3.05) is 7.11 Å². The highest BCUT2D eigenvalue weighted by Crippen LogP contribution is 2.47. The van der Waals surface area contributed by atoms with Crippen molar-refractivity contribution in [3.05, 3.63) is 77.9 Å². The van der Waals surface area contributed by atoms with Crippen molar-refractivity contribution in [2.45, 2.75) is 38.3 Å². The molecule has 1 fully saturated rings. The Hall–Kier alpha value is -3.08. The quantitative estimate of drug-likeness (QED) is 0.756. The number of amides is 1. The second-order valence-corrected chi connectivity index (χ2v) is 8.21. The number of ether oxygens (including phenoxy) is 2. The maximum atomic E-state index is 12.5. The van der Waals surface area contributed by atoms with Gasteiger partial charge in [0, 0.05) is 5.92 Å². The SMILES string of the molecule is COC(=O)[C@@]1(NC(=O)OC(C)(C)C)C[C@@H]1C=C(c1ccccc1)c1ccccc1. The van der Waals surface area contributed by atoms with Crippen LogP contribution in [0.3, 0.4) is 0 Å². The van der Waals surface area contributed by atoms with Crippen molar-refractivity contribution in [1.82, 2.24) is 5.32 Å². The molecule has 0 radical (unpaired) electrons. The number of esters is 1. The second kappa shape index (κ2) is 8.11. The first-order valence-electron chi connectivity index (χ1n) is 9.67. The molecular weight excluding hydrogens is 366 g/mol. The molecule has 1 amide bonds. The van der Waals surface area contributed by atoms with Gasteiger partial charge in [-0.2, -0.15) is 0 Å². The predicted octanol–water partition coefficient (Wildman–Crippen LogP) is 4.57. The van der Waals surface area contributed by atoms with Crippen LogP contribution in [0.15, 0.2) is 66.7 Å². The fraction of sp³-hybridized carbons (Fsp3) is 0.333. The Labute approximate surface area is 171 Å². The molecule has 1 aliphatic carbocycles. The van der Waals surface area contributed by atoms with E-state index < -0.39 is 23.2 Å². The summed E-state index contributed by atoms with van der Waals surface area (Å²) in [5.41, 5.74) is 1.34. The fourth-order valence-corrected chi connectivity index (χ4v) is 3.38. The number of rotatable bonds is 5. The number of hydrogen-bond donors (Lipinski definition) is 1. The monoisotopic (exact) mass is 393 g/mol. The Morgan fingerprint density at radius 3 is 1.97 bits per heavy atom. The summed E-state index contributed by atoms with van der Waals surface area (Å²) < 4.78 is 10.3. The minimum absolute atomic E-state index is 0.196. The fourth-order valence-electron chi connectivity index (χ4n) is 3.38. The van der Waals surface area contributed by atoms with Gasteiger partial charge in [0.25, 0.3) is 0 Å². The maximum absolute atomic E-state index is 12.5. The highest BCUT2D eigenvalue weighted by Gasteiger charge is 2.62. The molecule has 3 rings (SSSR count). The number of nitrogens with one attached hydrogen (secondary N) is 1. The summed E-state index contributed by atoms with van der Waals surface area (Å²) >= 11 is 0. The minimum atomic E-state index is -1.11. The maximum Gasteiger partial charge on any atom is 0.408 e. The lowest BCUT2D eigenvalue weighted by molar-refractivity contribution is -0.144. The molecule has 1 saturated carbocycles. The molecule has 0 heterocycles. The van der Waals surface area contributed by atoms with Crippen LogP contribution < -0.4 is 5.32 Å². The number of benzene rings is 2. The third-order valence-corrected chi connectivity index (χ3v) is 4.83. The van der Waals surface area contributed by atoms with Crippen LogP contribution in [0, 0.1) is 5.92 Å². The van der Waals surface area contributed by atoms with Gasteiger partial charge in [-0.25, -0.2) is 9.59 Å². The number of alkyl carbamates (subject to hydrolysis) is 1. The molecule has 1 aliphatic rings. The Bertz CT molecular complexity index is 858. The van der Waals surface area contributed by atoms with E-state index in [9.17, 15) is 9.59 Å². The molecule has 5 heteroatoms. The van der Waals surface area contributed by atoms with Crippen molar-refractivity contribution < 1.29 is 19.1 Å². The average molecular weight is 393 g/mol. The topological polar surface area (TPSA) is 64.6 Å². The Balaban J connectivity index is 1.93. The van der Waals surface area contributed by atoms with Crippen LogP contribution in [0.2, 0.25) is 0 Å². The summed E-state index contributed by atoms with van der Waals surface area (Å²) in [6.07, 6.45) is 1.88. The summed E-state index contributed by atoms with van der Waals surface area (Å²) in [5, 5.41) is 2.75. The molecule has 0 spiro atoms. The van der Waals surface area contributed by atoms with Crippen LogP contribution in [-0.2, 0) is 14.3 Å². The van der Waals surface area contributed by atoms with Gasteiger partial charge in [0.05, 0.1) is 7.11 Å². The highest BCUT2D eigenvalue weighted by molar-refractivity contribution is 5.91. The Morgan fingerprint density at radius 2 is 1.52 bits per heavy atom. The van der Waals surface area contributed by atoms with Crippen molar-refractivity contribution in [3.8, 4) is 0 Å². The summed E-state index contributed by atoms with van der Waals surface area (Å²) in [6.45, 7) is 5.35. The molecule has 1 N–H and O–H groups in total. The van der Waals surface area contributed by atoms with Crippen LogP contribution in [0.4, 0.5) is 4.79 Å². The van der Waals surface area contributed by atoms with E-state index in [0.29, 0.717) is 6.42 Å². The zero-order chi connectivity index (χ0) is 21.1. The van der Waals surface area contributed by atoms with E-state index >= 15 is 0 Å². The van der Waals surface area contributed by atoms with Crippen LogP contribution in [0.1, 0.15) is 38.3 Å². The lowest BCUT2D eigenvalue weighted by Crippen LogP contribution is -2.47. The normalized spacial score (nSPS) is 20.3. The molecular formula is C24H27NO4. The average Bonchev–Trinajstić information content (AvgIpc) is 3.38. The zero-order valence-electron chi connectivity index (χ0n) is 17.3. The summed E-state index contributed by atoms with van der Waals surface area (Å²) in [7, 11) is 1.33. The summed E-state index contributed by atoms with van der Waals surface area (Å²) in [6, 6.07) is 20.0. The van der Waals surface area contributed by atoms with Gasteiger partial charge in [0.15, 0.2) is 0 Å². The van der Waals surface area contributed by atoms with Gasteiger partial charge >= 0.3 is 12.1 Å². The summed E-state index contributed by atoms with van der Waals surface area (Å²) in [5.74, 6) is -0.664. The van der Waals surface area contributed by atoms with E-state index in [1.165, 1.54) is 7.11 Å². The molecule has 0 saturated heterocycles. The van der Waals surface area contributed by atoms with E-state index in [-0.39, 0.29) is 5.92 Å². The first kappa shape index (κ1) is 20.6. The highest BCUT2D eigenvalue weighted by atomic mass is 16.6. The van der Waals surface area contributed by atoms with Gasteiger partial charge < -0.3 is 14.8 Å². The molecule has 0 bridgehead atoms. The smallest absolute Gasteiger partial charge is 0.408 e. The van der Waals surface area contributed by atoms with Crippen LogP contribution in [0.5, 0.6) is 0 Å². The van der Waals surface area contributed by atoms with Crippen molar-refractivity contribution in [3.63, 3.8) is 0 Å². The Morgan fingerprint density at radius 1 is 1.00 bits per heavy atom. The van der Waals surface area contributed by atoms with Gasteiger partial charge in [0.2, 0.25) is 0 Å². The van der Waals surface area contributed by atoms with Crippen molar-refractivity contribution in [1.29, 1.82) is 0 Å². The van der Waals surface area contributed by atoms with E-state index in [2.05, 4.69) is 5.32 Å². The minimum Gasteiger partial charge on any atom is -0.467 e. The molecule has 0 aliphatic heterocycles. The van der Waals surface area contributed by atoms with Crippen molar-refractivity contribution >= 4 is 17.6 Å². The van der Waals surface area contributed by atoms with Gasteiger partial charge in [-0.3, -0.25) is 0 Å². The third kappa shape index (κ3) is 4.86. The van der Waals surface area contributed by atoms with E-state index in [4.69, 9.17) is 9.47 Å². The molecule has 29 heavy (non-hydrogen) atoms. The van der Waals surface area contributed by atoms with Gasteiger partial charge in [0.1, 0.15) is 11.1 Å². The molecule has 2 aromatic rings. The summed E-state index contributed by atoms with van der Waals surface area (Å²) in [4.78, 5) is 24.9. The lowest BCUT2D eigenvalue weighted by Gasteiger charge is -2.23. The van der Waals surface area contributed by atoms with Crippen LogP contribution in [-0.4, -0.2) is 30.3 Å². The van der Waals surface area contributed by atoms with E-state index in [0.717, 1.165) is 16.7 Å². The Kier molecular flexibility index (Phi) is 5.78. The molecule has 5 nitrogen and oxygen atoms in total. The standard InChI is InChI=1S/C24H27NO4/c1-23(2,3)29-22(27)25-24(21(26)28-4)16-19(24)15-20(17-11-7-5-8-12-17)18-13-9-6-10-14-18/h5-15,19H,16H2,1-4H3,(H,25,27)/t19-,24+/m0/s1. The molecule has 152 valence electrons. The van der Waals surface area contributed by atoms with E-state index in [1.807, 2.05) is 66.7 Å². The van der Waals surface area contributed by atoms with E-state index in [1.54, 1.807) is 20.8 Å². The van der Waals surface area contributed by atoms with Gasteiger partial charge in [-0.15, -0.1) is 0 Å².